The van der Waals surface area contributed by atoms with Gasteiger partial charge in [0.25, 0.3) is 11.8 Å². The maximum atomic E-state index is 13.7. The average Bonchev–Trinajstić information content (AvgIpc) is 4.00. The number of nitrogens with zero attached hydrogens (tertiary/aromatic N) is 8. The lowest BCUT2D eigenvalue weighted by molar-refractivity contribution is 0.0991. The van der Waals surface area contributed by atoms with Crippen LogP contribution in [0, 0.1) is 13.8 Å². The van der Waals surface area contributed by atoms with E-state index in [2.05, 4.69) is 31.1 Å². The van der Waals surface area contributed by atoms with Gasteiger partial charge in [-0.2, -0.15) is 10.2 Å². The Hall–Kier alpha value is -7.06. The number of rotatable bonds is 18. The van der Waals surface area contributed by atoms with Crippen LogP contribution < -0.4 is 36.9 Å². The molecule has 0 unspecified atom stereocenters. The Bertz CT molecular complexity index is 2580. The normalized spacial score (nSPS) is 11.2. The first kappa shape index (κ1) is 45.0. The van der Waals surface area contributed by atoms with Crippen LogP contribution in [-0.4, -0.2) is 101 Å². The van der Waals surface area contributed by atoms with E-state index in [1.807, 2.05) is 33.0 Å². The fourth-order valence-electron chi connectivity index (χ4n) is 6.62. The second-order valence-corrected chi connectivity index (χ2v) is 13.7. The van der Waals surface area contributed by atoms with E-state index in [1.54, 1.807) is 63.5 Å². The average molecular weight is 840 g/mol. The number of primary amides is 2. The first-order valence-corrected chi connectivity index (χ1v) is 19.8. The largest absolute Gasteiger partial charge is 0.494 e. The highest BCUT2D eigenvalue weighted by atomic mass is 16.5. The van der Waals surface area contributed by atoms with Gasteiger partial charge in [-0.3, -0.25) is 39.2 Å². The molecule has 20 nitrogen and oxygen atoms in total. The van der Waals surface area contributed by atoms with Gasteiger partial charge >= 0.3 is 0 Å². The Morgan fingerprint density at radius 2 is 1.18 bits per heavy atom. The third-order valence-corrected chi connectivity index (χ3v) is 9.29. The summed E-state index contributed by atoms with van der Waals surface area (Å²) in [6, 6.07) is 9.55. The zero-order chi connectivity index (χ0) is 44.4. The molecule has 4 aromatic heterocycles. The highest BCUT2D eigenvalue weighted by molar-refractivity contribution is 6.05. The molecule has 61 heavy (non-hydrogen) atoms. The molecule has 0 fully saturated rings. The SMILES string of the molecule is CCO.CCn1nc(C)cc1C(=O)Nc1nc2cc(C(N)=O)cc(OC)c2n1C/C=C/Cn1c(NC(=O)c2cc(C)nn2CC)nc2cc(C(N)=O)cc(OCCCNC)c21. The molecule has 0 saturated carbocycles. The van der Waals surface area contributed by atoms with Gasteiger partial charge in [0, 0.05) is 43.9 Å². The summed E-state index contributed by atoms with van der Waals surface area (Å²) in [7, 11) is 3.30. The van der Waals surface area contributed by atoms with Gasteiger partial charge in [0.15, 0.2) is 0 Å². The minimum absolute atomic E-state index is 0.174. The molecule has 0 spiro atoms. The molecule has 0 atom stereocenters. The lowest BCUT2D eigenvalue weighted by Crippen LogP contribution is -2.20. The number of methoxy groups -OCH3 is 1. The predicted octanol–water partition coefficient (Wildman–Crippen LogP) is 3.39. The summed E-state index contributed by atoms with van der Waals surface area (Å²) in [5, 5.41) is 25.3. The molecule has 6 rings (SSSR count). The van der Waals surface area contributed by atoms with Crippen LogP contribution in [0.15, 0.2) is 48.6 Å². The maximum absolute atomic E-state index is 13.7. The van der Waals surface area contributed by atoms with Gasteiger partial charge in [-0.25, -0.2) is 9.97 Å². The minimum Gasteiger partial charge on any atom is -0.494 e. The van der Waals surface area contributed by atoms with E-state index in [1.165, 1.54) is 19.2 Å². The third-order valence-electron chi connectivity index (χ3n) is 9.29. The Balaban J connectivity index is 0.00000228. The number of allylic oxidation sites excluding steroid dienone is 2. The molecule has 324 valence electrons. The highest BCUT2D eigenvalue weighted by Gasteiger charge is 2.23. The molecule has 8 N–H and O–H groups in total. The summed E-state index contributed by atoms with van der Waals surface area (Å²) in [5.74, 6) is -1.13. The second-order valence-electron chi connectivity index (χ2n) is 13.7. The summed E-state index contributed by atoms with van der Waals surface area (Å²) >= 11 is 0. The third kappa shape index (κ3) is 10.2. The van der Waals surface area contributed by atoms with Gasteiger partial charge in [-0.05, 0) is 91.0 Å². The summed E-state index contributed by atoms with van der Waals surface area (Å²) in [5.41, 5.74) is 15.6. The Labute approximate surface area is 351 Å². The lowest BCUT2D eigenvalue weighted by atomic mass is 10.1. The molecule has 4 heterocycles. The van der Waals surface area contributed by atoms with Crippen molar-refractivity contribution >= 4 is 57.6 Å². The first-order chi connectivity index (χ1) is 29.3. The molecular formula is C41H53N13O7. The number of amides is 4. The number of aromatic nitrogens is 8. The van der Waals surface area contributed by atoms with Gasteiger partial charge in [-0.15, -0.1) is 0 Å². The number of hydrogen-bond donors (Lipinski definition) is 6. The molecule has 2 aromatic carbocycles. The molecule has 0 aliphatic carbocycles. The van der Waals surface area contributed by atoms with Crippen molar-refractivity contribution in [2.45, 2.75) is 67.2 Å². The Kier molecular flexibility index (Phi) is 15.0. The van der Waals surface area contributed by atoms with Crippen molar-refractivity contribution in [3.63, 3.8) is 0 Å². The monoisotopic (exact) mass is 839 g/mol. The maximum Gasteiger partial charge on any atom is 0.276 e. The summed E-state index contributed by atoms with van der Waals surface area (Å²) in [6.07, 6.45) is 4.37. The molecule has 0 bridgehead atoms. The Morgan fingerprint density at radius 3 is 1.59 bits per heavy atom. The van der Waals surface area contributed by atoms with Gasteiger partial charge < -0.3 is 40.5 Å². The van der Waals surface area contributed by atoms with Crippen molar-refractivity contribution in [2.75, 3.05) is 44.5 Å². The zero-order valence-electron chi connectivity index (χ0n) is 35.4. The van der Waals surface area contributed by atoms with Gasteiger partial charge in [0.1, 0.15) is 33.9 Å². The topological polar surface area (TPSA) is 266 Å². The van der Waals surface area contributed by atoms with Crippen LogP contribution in [0.25, 0.3) is 22.1 Å². The number of aliphatic hydroxyl groups is 1. The van der Waals surface area contributed by atoms with Crippen LogP contribution in [0.2, 0.25) is 0 Å². The van der Waals surface area contributed by atoms with E-state index in [0.717, 1.165) is 0 Å². The van der Waals surface area contributed by atoms with Gasteiger partial charge in [0.05, 0.1) is 36.1 Å². The van der Waals surface area contributed by atoms with Crippen LogP contribution in [-0.2, 0) is 26.2 Å². The number of carbonyl (C=O) groups excluding carboxylic acids is 4. The molecule has 0 saturated heterocycles. The fourth-order valence-corrected chi connectivity index (χ4v) is 6.62. The van der Waals surface area contributed by atoms with Crippen molar-refractivity contribution < 1.29 is 33.8 Å². The quantitative estimate of drug-likeness (QED) is 0.0538. The molecule has 0 radical (unpaired) electrons. The standard InChI is InChI=1S/C39H47N13O6.C2H6O/c1-7-51-28(16-22(3)47-51)36(55)45-38-43-26-18-24(34(40)53)20-30(57-6)32(26)49(38)13-9-10-14-50-33-27(19-25(35(41)54)21-31(33)58-15-11-12-42-5)44-39(50)46-37(56)29-17-23(4)48-52(29)8-2;1-2-3/h9-10,16-21,42H,7-8,11-15H2,1-6H3,(H2,40,53)(H2,41,54)(H,43,45,55)(H,44,46,56);3H,2H2,1H3/b10-9+;. The Morgan fingerprint density at radius 1 is 0.738 bits per heavy atom. The number of benzene rings is 2. The number of anilines is 2. The van der Waals surface area contributed by atoms with Crippen molar-refractivity contribution in [2.24, 2.45) is 11.5 Å². The zero-order valence-corrected chi connectivity index (χ0v) is 35.4. The van der Waals surface area contributed by atoms with Crippen LogP contribution in [0.5, 0.6) is 11.5 Å². The number of ether oxygens (including phenoxy) is 2. The minimum atomic E-state index is -0.666. The number of nitrogens with one attached hydrogen (secondary N) is 3. The molecule has 0 aliphatic heterocycles. The number of hydrogen-bond acceptors (Lipinski definition) is 12. The summed E-state index contributed by atoms with van der Waals surface area (Å²) in [4.78, 5) is 61.3. The van der Waals surface area contributed by atoms with Gasteiger partial charge in [0.2, 0.25) is 23.7 Å². The van der Waals surface area contributed by atoms with Crippen LogP contribution in [0.1, 0.15) is 80.3 Å². The smallest absolute Gasteiger partial charge is 0.276 e. The van der Waals surface area contributed by atoms with E-state index in [4.69, 9.17) is 31.0 Å². The van der Waals surface area contributed by atoms with Crippen LogP contribution >= 0.6 is 0 Å². The molecule has 20 heteroatoms. The second kappa shape index (κ2) is 20.3. The number of imidazole rings is 2. The number of aryl methyl sites for hydroxylation is 4. The summed E-state index contributed by atoms with van der Waals surface area (Å²) < 4.78 is 18.6. The highest BCUT2D eigenvalue weighted by Crippen LogP contribution is 2.33. The molecule has 0 aliphatic rings. The van der Waals surface area contributed by atoms with Crippen molar-refractivity contribution in [3.05, 3.63) is 82.5 Å². The van der Waals surface area contributed by atoms with E-state index in [-0.39, 0.29) is 42.7 Å². The number of fused-ring (bicyclic) bond motifs is 2. The van der Waals surface area contributed by atoms with Crippen LogP contribution in [0.3, 0.4) is 0 Å². The number of carbonyl (C=O) groups is 4. The number of aliphatic hydroxyl groups excluding tert-OH is 1. The van der Waals surface area contributed by atoms with Crippen LogP contribution in [0.4, 0.5) is 11.9 Å². The van der Waals surface area contributed by atoms with E-state index in [0.29, 0.717) is 89.0 Å². The van der Waals surface area contributed by atoms with E-state index < -0.39 is 23.6 Å². The van der Waals surface area contributed by atoms with Gasteiger partial charge in [-0.1, -0.05) is 12.2 Å². The van der Waals surface area contributed by atoms with E-state index >= 15 is 0 Å². The number of nitrogens with two attached hydrogens (primary N) is 2. The van der Waals surface area contributed by atoms with Crippen molar-refractivity contribution in [1.29, 1.82) is 0 Å². The summed E-state index contributed by atoms with van der Waals surface area (Å²) in [6.45, 7) is 11.6. The predicted molar refractivity (Wildman–Crippen MR) is 230 cm³/mol. The van der Waals surface area contributed by atoms with E-state index in [9.17, 15) is 19.2 Å². The molecular weight excluding hydrogens is 787 g/mol. The molecule has 6 aromatic rings. The lowest BCUT2D eigenvalue weighted by Gasteiger charge is -2.13. The molecule has 4 amide bonds. The fraction of sp³-hybridized carbons (Fsp3) is 0.366. The van der Waals surface area contributed by atoms with Crippen molar-refractivity contribution in [3.8, 4) is 11.5 Å². The first-order valence-electron chi connectivity index (χ1n) is 19.8. The van der Waals surface area contributed by atoms with Crippen molar-refractivity contribution in [1.82, 2.24) is 44.0 Å².